The topological polar surface area (TPSA) is 33.6 Å². The second-order valence-corrected chi connectivity index (χ2v) is 5.99. The van der Waals surface area contributed by atoms with Crippen LogP contribution in [-0.4, -0.2) is 24.1 Å². The zero-order chi connectivity index (χ0) is 13.2. The first-order valence-electron chi connectivity index (χ1n) is 6.57. The third kappa shape index (κ3) is 2.71. The minimum absolute atomic E-state index is 0.264. The van der Waals surface area contributed by atoms with Gasteiger partial charge in [0.1, 0.15) is 0 Å². The smallest absolute Gasteiger partial charge is 0.167 e. The van der Waals surface area contributed by atoms with Crippen LogP contribution in [0.25, 0.3) is 0 Å². The maximum absolute atomic E-state index is 13.6. The predicted octanol–water partition coefficient (Wildman–Crippen LogP) is 3.52. The Morgan fingerprint density at radius 1 is 1.42 bits per heavy atom. The molecule has 3 nitrogen and oxygen atoms in total. The summed E-state index contributed by atoms with van der Waals surface area (Å²) < 4.78 is 18.5. The van der Waals surface area contributed by atoms with Gasteiger partial charge in [0, 0.05) is 17.5 Å². The molecule has 1 saturated carbocycles. The summed E-state index contributed by atoms with van der Waals surface area (Å²) in [5.41, 5.74) is 0.723. The number of ether oxygens (including phenoxy) is 1. The van der Waals surface area contributed by atoms with Gasteiger partial charge in [0.15, 0.2) is 16.7 Å². The average Bonchev–Trinajstić information content (AvgIpc) is 2.86. The highest BCUT2D eigenvalue weighted by molar-refractivity contribution is 8.14. The number of hydrogen-bond acceptors (Lipinski definition) is 4. The van der Waals surface area contributed by atoms with Crippen molar-refractivity contribution in [3.63, 3.8) is 0 Å². The fraction of sp³-hybridized carbons (Fsp3) is 0.500. The minimum Gasteiger partial charge on any atom is -0.494 e. The van der Waals surface area contributed by atoms with E-state index in [0.29, 0.717) is 6.04 Å². The Kier molecular flexibility index (Phi) is 3.64. The van der Waals surface area contributed by atoms with Gasteiger partial charge < -0.3 is 10.1 Å². The predicted molar refractivity (Wildman–Crippen MR) is 77.6 cm³/mol. The zero-order valence-electron chi connectivity index (χ0n) is 10.9. The van der Waals surface area contributed by atoms with Crippen LogP contribution in [0.4, 0.5) is 10.1 Å². The van der Waals surface area contributed by atoms with Crippen molar-refractivity contribution < 1.29 is 9.13 Å². The molecule has 5 heteroatoms. The van der Waals surface area contributed by atoms with E-state index in [1.165, 1.54) is 32.4 Å². The molecule has 102 valence electrons. The van der Waals surface area contributed by atoms with Crippen LogP contribution in [0.1, 0.15) is 19.3 Å². The highest BCUT2D eigenvalue weighted by atomic mass is 32.2. The van der Waals surface area contributed by atoms with E-state index < -0.39 is 0 Å². The third-order valence-corrected chi connectivity index (χ3v) is 4.81. The maximum atomic E-state index is 13.6. The second kappa shape index (κ2) is 5.41. The van der Waals surface area contributed by atoms with Gasteiger partial charge in [-0.25, -0.2) is 4.39 Å². The summed E-state index contributed by atoms with van der Waals surface area (Å²) in [5, 5.41) is 4.11. The summed E-state index contributed by atoms with van der Waals surface area (Å²) in [6.45, 7) is 0. The lowest BCUT2D eigenvalue weighted by Crippen LogP contribution is -2.25. The molecule has 1 heterocycles. The highest BCUT2D eigenvalue weighted by Gasteiger charge is 2.30. The van der Waals surface area contributed by atoms with Crippen LogP contribution in [0, 0.1) is 11.7 Å². The lowest BCUT2D eigenvalue weighted by atomic mass is 10.1. The van der Waals surface area contributed by atoms with Gasteiger partial charge in [0.2, 0.25) is 0 Å². The Hall–Kier alpha value is -1.23. The fourth-order valence-electron chi connectivity index (χ4n) is 2.69. The van der Waals surface area contributed by atoms with Crippen LogP contribution in [-0.2, 0) is 0 Å². The lowest BCUT2D eigenvalue weighted by Gasteiger charge is -2.23. The summed E-state index contributed by atoms with van der Waals surface area (Å²) in [5.74, 6) is 1.77. The van der Waals surface area contributed by atoms with E-state index in [2.05, 4.69) is 5.32 Å². The quantitative estimate of drug-likeness (QED) is 0.900. The molecule has 1 aliphatic carbocycles. The van der Waals surface area contributed by atoms with Gasteiger partial charge in [-0.2, -0.15) is 0 Å². The molecule has 0 radical (unpaired) electrons. The highest BCUT2D eigenvalue weighted by Crippen LogP contribution is 2.35. The monoisotopic (exact) mass is 280 g/mol. The first-order valence-corrected chi connectivity index (χ1v) is 7.56. The number of rotatable bonds is 2. The standard InChI is InChI=1S/C14H17FN2OS/c1-18-13-6-5-10(7-11(13)15)16-14-17-12-4-2-3-9(12)8-19-14/h5-7,9,12H,2-4,8H2,1H3,(H,16,17). The number of nitrogens with one attached hydrogen (secondary N) is 1. The maximum Gasteiger partial charge on any atom is 0.167 e. The average molecular weight is 280 g/mol. The molecule has 2 aliphatic rings. The van der Waals surface area contributed by atoms with Gasteiger partial charge in [0.25, 0.3) is 0 Å². The van der Waals surface area contributed by atoms with Crippen molar-refractivity contribution in [1.82, 2.24) is 0 Å². The molecule has 0 saturated heterocycles. The third-order valence-electron chi connectivity index (χ3n) is 3.74. The first kappa shape index (κ1) is 12.8. The van der Waals surface area contributed by atoms with Crippen LogP contribution in [0.2, 0.25) is 0 Å². The van der Waals surface area contributed by atoms with Crippen molar-refractivity contribution in [3.05, 3.63) is 24.0 Å². The van der Waals surface area contributed by atoms with Crippen molar-refractivity contribution >= 4 is 22.6 Å². The van der Waals surface area contributed by atoms with Gasteiger partial charge >= 0.3 is 0 Å². The first-order chi connectivity index (χ1) is 9.26. The molecule has 1 fully saturated rings. The Morgan fingerprint density at radius 3 is 3.11 bits per heavy atom. The Labute approximate surface area is 116 Å². The molecule has 2 unspecified atom stereocenters. The molecule has 0 aromatic heterocycles. The number of benzene rings is 1. The summed E-state index contributed by atoms with van der Waals surface area (Å²) in [6.07, 6.45) is 3.77. The second-order valence-electron chi connectivity index (χ2n) is 4.98. The zero-order valence-corrected chi connectivity index (χ0v) is 11.7. The van der Waals surface area contributed by atoms with E-state index in [4.69, 9.17) is 9.73 Å². The molecule has 3 rings (SSSR count). The molecule has 0 amide bonds. The number of fused-ring (bicyclic) bond motifs is 1. The Morgan fingerprint density at radius 2 is 2.32 bits per heavy atom. The fourth-order valence-corrected chi connectivity index (χ4v) is 3.85. The molecular weight excluding hydrogens is 263 g/mol. The van der Waals surface area contributed by atoms with E-state index >= 15 is 0 Å². The number of nitrogens with zero attached hydrogens (tertiary/aromatic N) is 1. The molecular formula is C14H17FN2OS. The summed E-state index contributed by atoms with van der Waals surface area (Å²) in [4.78, 5) is 4.73. The van der Waals surface area contributed by atoms with E-state index in [-0.39, 0.29) is 11.6 Å². The SMILES string of the molecule is COc1ccc(NC2=NC3CCCC3CS2)cc1F. The van der Waals surface area contributed by atoms with E-state index in [9.17, 15) is 4.39 Å². The molecule has 19 heavy (non-hydrogen) atoms. The summed E-state index contributed by atoms with van der Waals surface area (Å²) >= 11 is 1.74. The number of aliphatic imine (C=N–C) groups is 1. The van der Waals surface area contributed by atoms with Crippen LogP contribution >= 0.6 is 11.8 Å². The normalized spacial score (nSPS) is 25.7. The number of halogens is 1. The number of methoxy groups -OCH3 is 1. The Balaban J connectivity index is 1.73. The molecule has 2 atom stereocenters. The van der Waals surface area contributed by atoms with Gasteiger partial charge in [-0.15, -0.1) is 0 Å². The lowest BCUT2D eigenvalue weighted by molar-refractivity contribution is 0.387. The van der Waals surface area contributed by atoms with Crippen LogP contribution < -0.4 is 10.1 Å². The minimum atomic E-state index is -0.354. The van der Waals surface area contributed by atoms with E-state index in [1.807, 2.05) is 6.07 Å². The molecule has 1 N–H and O–H groups in total. The van der Waals surface area contributed by atoms with Crippen LogP contribution in [0.15, 0.2) is 23.2 Å². The van der Waals surface area contributed by atoms with E-state index in [1.54, 1.807) is 17.8 Å². The summed E-state index contributed by atoms with van der Waals surface area (Å²) in [6, 6.07) is 5.35. The van der Waals surface area contributed by atoms with Gasteiger partial charge in [-0.05, 0) is 30.9 Å². The van der Waals surface area contributed by atoms with Crippen molar-refractivity contribution in [1.29, 1.82) is 0 Å². The summed E-state index contributed by atoms with van der Waals surface area (Å²) in [7, 11) is 1.47. The molecule has 1 aromatic carbocycles. The molecule has 1 aromatic rings. The van der Waals surface area contributed by atoms with Crippen LogP contribution in [0.3, 0.4) is 0 Å². The number of anilines is 1. The van der Waals surface area contributed by atoms with Crippen molar-refractivity contribution in [2.24, 2.45) is 10.9 Å². The number of hydrogen-bond donors (Lipinski definition) is 1. The number of amidine groups is 1. The van der Waals surface area contributed by atoms with Gasteiger partial charge in [0.05, 0.1) is 13.2 Å². The van der Waals surface area contributed by atoms with Gasteiger partial charge in [-0.3, -0.25) is 4.99 Å². The molecule has 1 aliphatic heterocycles. The van der Waals surface area contributed by atoms with Crippen LogP contribution in [0.5, 0.6) is 5.75 Å². The molecule has 0 bridgehead atoms. The largest absolute Gasteiger partial charge is 0.494 e. The van der Waals surface area contributed by atoms with Crippen molar-refractivity contribution in [2.45, 2.75) is 25.3 Å². The Bertz CT molecular complexity index is 506. The van der Waals surface area contributed by atoms with Gasteiger partial charge in [-0.1, -0.05) is 18.2 Å². The van der Waals surface area contributed by atoms with Crippen molar-refractivity contribution in [2.75, 3.05) is 18.2 Å². The van der Waals surface area contributed by atoms with Crippen molar-refractivity contribution in [3.8, 4) is 5.75 Å². The van der Waals surface area contributed by atoms with E-state index in [0.717, 1.165) is 22.5 Å². The molecule has 0 spiro atoms. The number of thioether (sulfide) groups is 1.